The maximum Gasteiger partial charge on any atom is 0.357 e. The van der Waals surface area contributed by atoms with Gasteiger partial charge in [0.15, 0.2) is 5.69 Å². The summed E-state index contributed by atoms with van der Waals surface area (Å²) in [5, 5.41) is 14.2. The Bertz CT molecular complexity index is 950. The predicted octanol–water partition coefficient (Wildman–Crippen LogP) is 4.07. The van der Waals surface area contributed by atoms with Crippen molar-refractivity contribution in [3.63, 3.8) is 0 Å². The lowest BCUT2D eigenvalue weighted by atomic mass is 10.1. The number of aromatic carboxylic acids is 1. The van der Waals surface area contributed by atoms with Crippen LogP contribution in [0.2, 0.25) is 5.02 Å². The van der Waals surface area contributed by atoms with Crippen LogP contribution in [-0.2, 0) is 4.74 Å². The minimum atomic E-state index is -1.31. The first-order chi connectivity index (χ1) is 12.5. The van der Waals surface area contributed by atoms with Crippen LogP contribution in [0.25, 0.3) is 16.9 Å². The second-order valence-corrected chi connectivity index (χ2v) is 5.79. The molecule has 0 aliphatic carbocycles. The molecule has 132 valence electrons. The van der Waals surface area contributed by atoms with Crippen LogP contribution in [0.3, 0.4) is 0 Å². The lowest BCUT2D eigenvalue weighted by Gasteiger charge is -2.10. The zero-order chi connectivity index (χ0) is 18.7. The molecule has 26 heavy (non-hydrogen) atoms. The van der Waals surface area contributed by atoms with Crippen molar-refractivity contribution in [2.75, 3.05) is 6.61 Å². The highest BCUT2D eigenvalue weighted by atomic mass is 35.5. The van der Waals surface area contributed by atoms with E-state index < -0.39 is 11.9 Å². The molecule has 3 aromatic rings. The van der Waals surface area contributed by atoms with Crippen LogP contribution in [0, 0.1) is 0 Å². The van der Waals surface area contributed by atoms with E-state index >= 15 is 0 Å². The molecule has 0 aliphatic heterocycles. The Hall–Kier alpha value is -3.12. The summed E-state index contributed by atoms with van der Waals surface area (Å²) in [6.45, 7) is 1.78. The normalized spacial score (nSPS) is 10.5. The Morgan fingerprint density at radius 2 is 1.77 bits per heavy atom. The monoisotopic (exact) mass is 370 g/mol. The molecule has 0 fully saturated rings. The van der Waals surface area contributed by atoms with Gasteiger partial charge in [0, 0.05) is 10.6 Å². The summed E-state index contributed by atoms with van der Waals surface area (Å²) in [6, 6.07) is 15.7. The van der Waals surface area contributed by atoms with Crippen molar-refractivity contribution in [1.82, 2.24) is 9.78 Å². The molecule has 0 bridgehead atoms. The van der Waals surface area contributed by atoms with Gasteiger partial charge < -0.3 is 9.84 Å². The fraction of sp³-hybridized carbons (Fsp3) is 0.105. The molecule has 0 atom stereocenters. The number of hydrogen-bond acceptors (Lipinski definition) is 4. The summed E-state index contributed by atoms with van der Waals surface area (Å²) in [6.07, 6.45) is 0. The van der Waals surface area contributed by atoms with Gasteiger partial charge >= 0.3 is 11.9 Å². The van der Waals surface area contributed by atoms with Gasteiger partial charge in [0.05, 0.1) is 18.0 Å². The predicted molar refractivity (Wildman–Crippen MR) is 96.9 cm³/mol. The molecule has 3 rings (SSSR count). The quantitative estimate of drug-likeness (QED) is 0.685. The number of hydrogen-bond donors (Lipinski definition) is 1. The van der Waals surface area contributed by atoms with Crippen LogP contribution in [0.1, 0.15) is 27.8 Å². The van der Waals surface area contributed by atoms with E-state index in [0.717, 1.165) is 0 Å². The van der Waals surface area contributed by atoms with Crippen LogP contribution in [0.5, 0.6) is 0 Å². The fourth-order valence-electron chi connectivity index (χ4n) is 2.60. The average molecular weight is 371 g/mol. The molecule has 0 unspecified atom stereocenters. The number of carbonyl (C=O) groups is 2. The molecule has 0 saturated carbocycles. The van der Waals surface area contributed by atoms with Crippen molar-refractivity contribution in [3.05, 3.63) is 70.9 Å². The van der Waals surface area contributed by atoms with Crippen LogP contribution >= 0.6 is 11.6 Å². The summed E-state index contributed by atoms with van der Waals surface area (Å²) in [5.41, 5.74) is 1.12. The highest BCUT2D eigenvalue weighted by Gasteiger charge is 2.30. The molecule has 1 heterocycles. The molecule has 0 radical (unpaired) electrons. The van der Waals surface area contributed by atoms with E-state index in [0.29, 0.717) is 22.0 Å². The van der Waals surface area contributed by atoms with Gasteiger partial charge in [0.1, 0.15) is 5.56 Å². The summed E-state index contributed by atoms with van der Waals surface area (Å²) in [7, 11) is 0. The number of benzene rings is 2. The first-order valence-corrected chi connectivity index (χ1v) is 8.25. The molecular formula is C19H15ClN2O4. The van der Waals surface area contributed by atoms with Crippen LogP contribution in [0.15, 0.2) is 54.6 Å². The van der Waals surface area contributed by atoms with E-state index in [1.807, 2.05) is 6.07 Å². The summed E-state index contributed by atoms with van der Waals surface area (Å²) in [5.74, 6) is -2.04. The number of esters is 1. The van der Waals surface area contributed by atoms with E-state index in [1.165, 1.54) is 4.68 Å². The van der Waals surface area contributed by atoms with Crippen molar-refractivity contribution in [1.29, 1.82) is 0 Å². The van der Waals surface area contributed by atoms with Crippen molar-refractivity contribution in [2.24, 2.45) is 0 Å². The standard InChI is InChI=1S/C19H15ClN2O4/c1-2-26-19(25)15-16(18(23)24)21-22(14-10-8-13(20)9-11-14)17(15)12-6-4-3-5-7-12/h3-11H,2H2,1H3,(H,23,24). The Labute approximate surface area is 154 Å². The molecule has 0 amide bonds. The van der Waals surface area contributed by atoms with Crippen LogP contribution in [0.4, 0.5) is 0 Å². The average Bonchev–Trinajstić information content (AvgIpc) is 3.04. The number of nitrogens with zero attached hydrogens (tertiary/aromatic N) is 2. The Morgan fingerprint density at radius 3 is 2.35 bits per heavy atom. The van der Waals surface area contributed by atoms with Gasteiger partial charge in [-0.2, -0.15) is 5.10 Å². The van der Waals surface area contributed by atoms with E-state index in [2.05, 4.69) is 5.10 Å². The largest absolute Gasteiger partial charge is 0.476 e. The number of ether oxygens (including phenoxy) is 1. The second-order valence-electron chi connectivity index (χ2n) is 5.35. The Kier molecular flexibility index (Phi) is 5.04. The smallest absolute Gasteiger partial charge is 0.357 e. The van der Waals surface area contributed by atoms with Gasteiger partial charge in [-0.25, -0.2) is 14.3 Å². The van der Waals surface area contributed by atoms with E-state index in [-0.39, 0.29) is 17.9 Å². The minimum absolute atomic E-state index is 0.0829. The molecular weight excluding hydrogens is 356 g/mol. The second kappa shape index (κ2) is 7.41. The first-order valence-electron chi connectivity index (χ1n) is 7.87. The molecule has 7 heteroatoms. The lowest BCUT2D eigenvalue weighted by molar-refractivity contribution is 0.0515. The van der Waals surface area contributed by atoms with Crippen LogP contribution < -0.4 is 0 Å². The molecule has 1 N–H and O–H groups in total. The third kappa shape index (κ3) is 3.32. The lowest BCUT2D eigenvalue weighted by Crippen LogP contribution is -2.11. The summed E-state index contributed by atoms with van der Waals surface area (Å²) in [4.78, 5) is 24.2. The highest BCUT2D eigenvalue weighted by Crippen LogP contribution is 2.30. The number of rotatable bonds is 5. The summed E-state index contributed by atoms with van der Waals surface area (Å²) >= 11 is 5.94. The fourth-order valence-corrected chi connectivity index (χ4v) is 2.72. The number of carboxylic acid groups (broad SMARTS) is 1. The van der Waals surface area contributed by atoms with Crippen molar-refractivity contribution in [3.8, 4) is 16.9 Å². The first kappa shape index (κ1) is 17.7. The molecule has 0 saturated heterocycles. The molecule has 6 nitrogen and oxygen atoms in total. The Morgan fingerprint density at radius 1 is 1.12 bits per heavy atom. The number of carboxylic acids is 1. The van der Waals surface area contributed by atoms with Crippen molar-refractivity contribution < 1.29 is 19.4 Å². The maximum absolute atomic E-state index is 12.5. The molecule has 1 aromatic heterocycles. The number of halogens is 1. The number of carbonyl (C=O) groups excluding carboxylic acids is 1. The van der Waals surface area contributed by atoms with Crippen LogP contribution in [-0.4, -0.2) is 33.4 Å². The third-order valence-corrected chi connectivity index (χ3v) is 3.94. The van der Waals surface area contributed by atoms with E-state index in [9.17, 15) is 14.7 Å². The van der Waals surface area contributed by atoms with Gasteiger partial charge in [-0.1, -0.05) is 41.9 Å². The van der Waals surface area contributed by atoms with E-state index in [1.54, 1.807) is 55.5 Å². The maximum atomic E-state index is 12.5. The zero-order valence-corrected chi connectivity index (χ0v) is 14.6. The third-order valence-electron chi connectivity index (χ3n) is 3.69. The van der Waals surface area contributed by atoms with Gasteiger partial charge in [-0.3, -0.25) is 0 Å². The van der Waals surface area contributed by atoms with Gasteiger partial charge in [-0.05, 0) is 31.2 Å². The van der Waals surface area contributed by atoms with Crippen molar-refractivity contribution in [2.45, 2.75) is 6.92 Å². The van der Waals surface area contributed by atoms with Gasteiger partial charge in [0.2, 0.25) is 0 Å². The summed E-state index contributed by atoms with van der Waals surface area (Å²) < 4.78 is 6.49. The Balaban J connectivity index is 2.33. The van der Waals surface area contributed by atoms with E-state index in [4.69, 9.17) is 16.3 Å². The molecule has 2 aromatic carbocycles. The molecule has 0 aliphatic rings. The van der Waals surface area contributed by atoms with Crippen molar-refractivity contribution >= 4 is 23.5 Å². The number of aromatic nitrogens is 2. The zero-order valence-electron chi connectivity index (χ0n) is 13.8. The molecule has 0 spiro atoms. The van der Waals surface area contributed by atoms with Gasteiger partial charge in [0.25, 0.3) is 0 Å². The SMILES string of the molecule is CCOC(=O)c1c(C(=O)O)nn(-c2ccc(Cl)cc2)c1-c1ccccc1. The van der Waals surface area contributed by atoms with Gasteiger partial charge in [-0.15, -0.1) is 0 Å². The minimum Gasteiger partial charge on any atom is -0.476 e. The highest BCUT2D eigenvalue weighted by molar-refractivity contribution is 6.30. The topological polar surface area (TPSA) is 81.4 Å².